The molecule has 0 saturated heterocycles. The molecule has 0 atom stereocenters. The second-order valence-corrected chi connectivity index (χ2v) is 6.26. The van der Waals surface area contributed by atoms with Gasteiger partial charge < -0.3 is 14.4 Å². The predicted molar refractivity (Wildman–Crippen MR) is 88.8 cm³/mol. The van der Waals surface area contributed by atoms with E-state index in [4.69, 9.17) is 32.7 Å². The standard InChI is InChI=1S/C17H15Cl2NO3/c18-16(19)17(21)20(9-12-4-2-1-3-5-12)10-13-6-7-14-15(8-13)23-11-22-14/h1-8,16H,9-11H2. The largest absolute Gasteiger partial charge is 0.454 e. The molecule has 3 rings (SSSR count). The lowest BCUT2D eigenvalue weighted by molar-refractivity contribution is -0.130. The van der Waals surface area contributed by atoms with Crippen molar-refractivity contribution in [1.29, 1.82) is 0 Å². The van der Waals surface area contributed by atoms with Crippen LogP contribution in [-0.2, 0) is 17.9 Å². The van der Waals surface area contributed by atoms with Gasteiger partial charge in [-0.15, -0.1) is 0 Å². The minimum atomic E-state index is -1.09. The van der Waals surface area contributed by atoms with Gasteiger partial charge in [-0.25, -0.2) is 0 Å². The van der Waals surface area contributed by atoms with Gasteiger partial charge in [-0.3, -0.25) is 4.79 Å². The maximum absolute atomic E-state index is 12.3. The average molecular weight is 352 g/mol. The summed E-state index contributed by atoms with van der Waals surface area (Å²) in [4.78, 5) is 12.8. The fourth-order valence-electron chi connectivity index (χ4n) is 2.41. The van der Waals surface area contributed by atoms with Crippen molar-refractivity contribution in [3.05, 3.63) is 59.7 Å². The summed E-state index contributed by atoms with van der Waals surface area (Å²) in [7, 11) is 0. The SMILES string of the molecule is O=C(C(Cl)Cl)N(Cc1ccccc1)Cc1ccc2c(c1)OCO2. The highest BCUT2D eigenvalue weighted by molar-refractivity contribution is 6.53. The first-order valence-electron chi connectivity index (χ1n) is 7.13. The van der Waals surface area contributed by atoms with Crippen LogP contribution in [0.4, 0.5) is 0 Å². The zero-order valence-corrected chi connectivity index (χ0v) is 13.8. The summed E-state index contributed by atoms with van der Waals surface area (Å²) < 4.78 is 10.7. The summed E-state index contributed by atoms with van der Waals surface area (Å²) in [6, 6.07) is 15.3. The van der Waals surface area contributed by atoms with E-state index in [1.165, 1.54) is 0 Å². The number of alkyl halides is 2. The van der Waals surface area contributed by atoms with Gasteiger partial charge in [-0.1, -0.05) is 59.6 Å². The monoisotopic (exact) mass is 351 g/mol. The molecule has 23 heavy (non-hydrogen) atoms. The second kappa shape index (κ2) is 7.11. The maximum atomic E-state index is 12.3. The molecule has 0 radical (unpaired) electrons. The molecule has 0 fully saturated rings. The Hall–Kier alpha value is -1.91. The molecule has 1 aliphatic heterocycles. The van der Waals surface area contributed by atoms with E-state index in [1.807, 2.05) is 48.5 Å². The molecule has 4 nitrogen and oxygen atoms in total. The van der Waals surface area contributed by atoms with Crippen LogP contribution in [0.15, 0.2) is 48.5 Å². The molecule has 2 aromatic carbocycles. The average Bonchev–Trinajstić information content (AvgIpc) is 3.02. The van der Waals surface area contributed by atoms with E-state index in [2.05, 4.69) is 0 Å². The molecule has 0 N–H and O–H groups in total. The Morgan fingerprint density at radius 3 is 2.43 bits per heavy atom. The second-order valence-electron chi connectivity index (χ2n) is 5.17. The van der Waals surface area contributed by atoms with Crippen molar-refractivity contribution in [2.75, 3.05) is 6.79 Å². The number of nitrogens with zero attached hydrogens (tertiary/aromatic N) is 1. The number of ether oxygens (including phenoxy) is 2. The number of rotatable bonds is 5. The van der Waals surface area contributed by atoms with Gasteiger partial charge in [-0.2, -0.15) is 0 Å². The Bertz CT molecular complexity index is 691. The van der Waals surface area contributed by atoms with Crippen LogP contribution >= 0.6 is 23.2 Å². The minimum absolute atomic E-state index is 0.219. The van der Waals surface area contributed by atoms with Gasteiger partial charge in [0.2, 0.25) is 6.79 Å². The van der Waals surface area contributed by atoms with Crippen LogP contribution in [0.1, 0.15) is 11.1 Å². The molecule has 0 bridgehead atoms. The third-order valence-corrected chi connectivity index (χ3v) is 3.90. The van der Waals surface area contributed by atoms with Crippen molar-refractivity contribution in [3.63, 3.8) is 0 Å². The van der Waals surface area contributed by atoms with E-state index in [1.54, 1.807) is 4.90 Å². The number of carbonyl (C=O) groups excluding carboxylic acids is 1. The smallest absolute Gasteiger partial charge is 0.256 e. The Morgan fingerprint density at radius 2 is 1.70 bits per heavy atom. The van der Waals surface area contributed by atoms with Crippen LogP contribution in [0, 0.1) is 0 Å². The highest BCUT2D eigenvalue weighted by Gasteiger charge is 2.22. The van der Waals surface area contributed by atoms with Gasteiger partial charge >= 0.3 is 0 Å². The van der Waals surface area contributed by atoms with E-state index >= 15 is 0 Å². The van der Waals surface area contributed by atoms with E-state index in [-0.39, 0.29) is 12.7 Å². The number of hydrogen-bond acceptors (Lipinski definition) is 3. The Kier molecular flexibility index (Phi) is 4.94. The van der Waals surface area contributed by atoms with Gasteiger partial charge in [-0.05, 0) is 23.3 Å². The molecule has 120 valence electrons. The molecule has 0 unspecified atom stereocenters. The van der Waals surface area contributed by atoms with Gasteiger partial charge in [0.15, 0.2) is 16.3 Å². The van der Waals surface area contributed by atoms with E-state index in [0.29, 0.717) is 24.6 Å². The van der Waals surface area contributed by atoms with Crippen LogP contribution in [0.5, 0.6) is 11.5 Å². The summed E-state index contributed by atoms with van der Waals surface area (Å²) >= 11 is 11.6. The normalized spacial score (nSPS) is 12.5. The summed E-state index contributed by atoms with van der Waals surface area (Å²) in [5.41, 5.74) is 1.93. The van der Waals surface area contributed by atoms with Crippen molar-refractivity contribution >= 4 is 29.1 Å². The molecule has 1 aliphatic rings. The van der Waals surface area contributed by atoms with Crippen LogP contribution in [-0.4, -0.2) is 22.4 Å². The summed E-state index contributed by atoms with van der Waals surface area (Å²) in [5, 5.41) is 0. The van der Waals surface area contributed by atoms with Gasteiger partial charge in [0, 0.05) is 13.1 Å². The van der Waals surface area contributed by atoms with Crippen LogP contribution in [0.2, 0.25) is 0 Å². The van der Waals surface area contributed by atoms with Crippen molar-refractivity contribution in [2.24, 2.45) is 0 Å². The van der Waals surface area contributed by atoms with E-state index < -0.39 is 4.84 Å². The van der Waals surface area contributed by atoms with Crippen LogP contribution < -0.4 is 9.47 Å². The highest BCUT2D eigenvalue weighted by atomic mass is 35.5. The molecule has 0 saturated carbocycles. The number of hydrogen-bond donors (Lipinski definition) is 0. The minimum Gasteiger partial charge on any atom is -0.454 e. The molecule has 6 heteroatoms. The quantitative estimate of drug-likeness (QED) is 0.770. The first-order valence-corrected chi connectivity index (χ1v) is 8.00. The fraction of sp³-hybridized carbons (Fsp3) is 0.235. The van der Waals surface area contributed by atoms with Crippen molar-refractivity contribution in [3.8, 4) is 11.5 Å². The molecule has 0 spiro atoms. The summed E-state index contributed by atoms with van der Waals surface area (Å²) in [5.74, 6) is 1.07. The van der Waals surface area contributed by atoms with E-state index in [9.17, 15) is 4.79 Å². The number of carbonyl (C=O) groups is 1. The lowest BCUT2D eigenvalue weighted by atomic mass is 10.1. The predicted octanol–water partition coefficient (Wildman–Crippen LogP) is 3.75. The Morgan fingerprint density at radius 1 is 1.00 bits per heavy atom. The molecular formula is C17H15Cl2NO3. The lowest BCUT2D eigenvalue weighted by Crippen LogP contribution is -2.33. The number of fused-ring (bicyclic) bond motifs is 1. The molecule has 1 heterocycles. The molecular weight excluding hydrogens is 337 g/mol. The highest BCUT2D eigenvalue weighted by Crippen LogP contribution is 2.33. The third kappa shape index (κ3) is 3.89. The van der Waals surface area contributed by atoms with E-state index in [0.717, 1.165) is 11.1 Å². The summed E-state index contributed by atoms with van der Waals surface area (Å²) in [6.07, 6.45) is 0. The first-order chi connectivity index (χ1) is 11.1. The molecule has 0 aromatic heterocycles. The van der Waals surface area contributed by atoms with Gasteiger partial charge in [0.1, 0.15) is 0 Å². The zero-order valence-electron chi connectivity index (χ0n) is 12.2. The summed E-state index contributed by atoms with van der Waals surface area (Å²) in [6.45, 7) is 1.04. The molecule has 1 amide bonds. The topological polar surface area (TPSA) is 38.8 Å². The number of amides is 1. The van der Waals surface area contributed by atoms with Crippen molar-refractivity contribution in [2.45, 2.75) is 17.9 Å². The van der Waals surface area contributed by atoms with Gasteiger partial charge in [0.25, 0.3) is 5.91 Å². The van der Waals surface area contributed by atoms with Crippen molar-refractivity contribution < 1.29 is 14.3 Å². The molecule has 2 aromatic rings. The zero-order chi connectivity index (χ0) is 16.2. The first kappa shape index (κ1) is 16.0. The molecule has 0 aliphatic carbocycles. The number of halogens is 2. The Balaban J connectivity index is 1.79. The van der Waals surface area contributed by atoms with Crippen molar-refractivity contribution in [1.82, 2.24) is 4.90 Å². The van der Waals surface area contributed by atoms with Crippen LogP contribution in [0.3, 0.4) is 0 Å². The lowest BCUT2D eigenvalue weighted by Gasteiger charge is -2.23. The third-order valence-electron chi connectivity index (χ3n) is 3.53. The number of benzene rings is 2. The van der Waals surface area contributed by atoms with Crippen LogP contribution in [0.25, 0.3) is 0 Å². The fourth-order valence-corrected chi connectivity index (χ4v) is 2.69. The Labute approximate surface area is 144 Å². The van der Waals surface area contributed by atoms with Gasteiger partial charge in [0.05, 0.1) is 0 Å². The maximum Gasteiger partial charge on any atom is 0.256 e.